The zero-order valence-electron chi connectivity index (χ0n) is 15.8. The molecular weight excluding hydrogens is 376 g/mol. The lowest BCUT2D eigenvalue weighted by Crippen LogP contribution is -2.39. The van der Waals surface area contributed by atoms with Crippen molar-refractivity contribution in [1.29, 1.82) is 0 Å². The summed E-state index contributed by atoms with van der Waals surface area (Å²) in [6.07, 6.45) is 4.83. The first-order chi connectivity index (χ1) is 13.1. The van der Waals surface area contributed by atoms with Crippen LogP contribution >= 0.6 is 23.5 Å². The molecule has 0 saturated carbocycles. The Morgan fingerprint density at radius 1 is 1.22 bits per heavy atom. The van der Waals surface area contributed by atoms with Gasteiger partial charge in [0.05, 0.1) is 4.58 Å². The largest absolute Gasteiger partial charge is 0.484 e. The molecule has 1 aromatic heterocycles. The average molecular weight is 403 g/mol. The molecule has 6 heteroatoms. The highest BCUT2D eigenvalue weighted by Crippen LogP contribution is 2.43. The SMILES string of the molecule is CC(C)N(Cc1cccnc1)C(=O)COc1ccc(C2SCCCS2)cc1. The van der Waals surface area contributed by atoms with Crippen molar-refractivity contribution >= 4 is 29.4 Å². The van der Waals surface area contributed by atoms with Crippen LogP contribution in [0.3, 0.4) is 0 Å². The van der Waals surface area contributed by atoms with Crippen LogP contribution in [-0.2, 0) is 11.3 Å². The minimum atomic E-state index is -0.0173. The van der Waals surface area contributed by atoms with E-state index in [1.807, 2.05) is 66.5 Å². The predicted molar refractivity (Wildman–Crippen MR) is 114 cm³/mol. The van der Waals surface area contributed by atoms with Crippen molar-refractivity contribution < 1.29 is 9.53 Å². The molecule has 1 amide bonds. The Balaban J connectivity index is 1.55. The molecule has 2 aromatic rings. The van der Waals surface area contributed by atoms with Gasteiger partial charge in [0.15, 0.2) is 6.61 Å². The van der Waals surface area contributed by atoms with E-state index in [1.165, 1.54) is 23.5 Å². The van der Waals surface area contributed by atoms with Crippen LogP contribution in [0.2, 0.25) is 0 Å². The highest BCUT2D eigenvalue weighted by molar-refractivity contribution is 8.16. The number of nitrogens with zero attached hydrogens (tertiary/aromatic N) is 2. The van der Waals surface area contributed by atoms with Gasteiger partial charge in [0.25, 0.3) is 5.91 Å². The quantitative estimate of drug-likeness (QED) is 0.668. The van der Waals surface area contributed by atoms with Crippen LogP contribution in [0.15, 0.2) is 48.8 Å². The third kappa shape index (κ3) is 5.91. The van der Waals surface area contributed by atoms with E-state index in [4.69, 9.17) is 4.74 Å². The van der Waals surface area contributed by atoms with Crippen LogP contribution in [-0.4, -0.2) is 39.9 Å². The first-order valence-electron chi connectivity index (χ1n) is 9.28. The highest BCUT2D eigenvalue weighted by atomic mass is 32.2. The number of benzene rings is 1. The second-order valence-electron chi connectivity index (χ2n) is 6.76. The molecule has 0 unspecified atom stereocenters. The molecule has 0 N–H and O–H groups in total. The zero-order chi connectivity index (χ0) is 19.1. The summed E-state index contributed by atoms with van der Waals surface area (Å²) >= 11 is 4.01. The second-order valence-corrected chi connectivity index (χ2v) is 9.49. The average Bonchev–Trinajstić information content (AvgIpc) is 2.72. The molecule has 2 heterocycles. The zero-order valence-corrected chi connectivity index (χ0v) is 17.5. The Labute approximate surface area is 170 Å². The summed E-state index contributed by atoms with van der Waals surface area (Å²) in [5.74, 6) is 3.18. The van der Waals surface area contributed by atoms with Crippen molar-refractivity contribution in [3.8, 4) is 5.75 Å². The summed E-state index contributed by atoms with van der Waals surface area (Å²) in [5.41, 5.74) is 2.34. The lowest BCUT2D eigenvalue weighted by Gasteiger charge is -2.27. The molecule has 3 rings (SSSR count). The van der Waals surface area contributed by atoms with Crippen LogP contribution < -0.4 is 4.74 Å². The fraction of sp³-hybridized carbons (Fsp3) is 0.429. The maximum atomic E-state index is 12.7. The summed E-state index contributed by atoms with van der Waals surface area (Å²) in [7, 11) is 0. The third-order valence-electron chi connectivity index (χ3n) is 4.36. The summed E-state index contributed by atoms with van der Waals surface area (Å²) in [6.45, 7) is 4.62. The topological polar surface area (TPSA) is 42.4 Å². The van der Waals surface area contributed by atoms with Crippen molar-refractivity contribution in [2.75, 3.05) is 18.1 Å². The smallest absolute Gasteiger partial charge is 0.261 e. The molecule has 1 saturated heterocycles. The molecule has 0 spiro atoms. The van der Waals surface area contributed by atoms with E-state index in [0.717, 1.165) is 11.3 Å². The molecule has 0 aliphatic carbocycles. The molecule has 0 atom stereocenters. The maximum absolute atomic E-state index is 12.7. The summed E-state index contributed by atoms with van der Waals surface area (Å²) in [6, 6.07) is 12.1. The molecule has 144 valence electrons. The number of rotatable bonds is 7. The normalized spacial score (nSPS) is 14.9. The molecule has 1 aliphatic rings. The molecule has 27 heavy (non-hydrogen) atoms. The van der Waals surface area contributed by atoms with E-state index in [9.17, 15) is 4.79 Å². The van der Waals surface area contributed by atoms with Gasteiger partial charge in [-0.3, -0.25) is 9.78 Å². The Morgan fingerprint density at radius 2 is 1.96 bits per heavy atom. The Hall–Kier alpha value is -1.66. The van der Waals surface area contributed by atoms with E-state index in [2.05, 4.69) is 17.1 Å². The minimum Gasteiger partial charge on any atom is -0.484 e. The fourth-order valence-electron chi connectivity index (χ4n) is 2.88. The van der Waals surface area contributed by atoms with E-state index >= 15 is 0 Å². The predicted octanol–water partition coefficient (Wildman–Crippen LogP) is 4.77. The number of hydrogen-bond donors (Lipinski definition) is 0. The van der Waals surface area contributed by atoms with Crippen LogP contribution in [0.25, 0.3) is 0 Å². The lowest BCUT2D eigenvalue weighted by molar-refractivity contribution is -0.135. The number of amides is 1. The van der Waals surface area contributed by atoms with Crippen LogP contribution in [0.5, 0.6) is 5.75 Å². The number of ether oxygens (including phenoxy) is 1. The first kappa shape index (κ1) is 20.1. The van der Waals surface area contributed by atoms with Crippen LogP contribution in [0.4, 0.5) is 0 Å². The van der Waals surface area contributed by atoms with Gasteiger partial charge in [-0.1, -0.05) is 18.2 Å². The van der Waals surface area contributed by atoms with E-state index in [1.54, 1.807) is 12.4 Å². The number of pyridine rings is 1. The van der Waals surface area contributed by atoms with Crippen molar-refractivity contribution in [2.24, 2.45) is 0 Å². The number of hydrogen-bond acceptors (Lipinski definition) is 5. The van der Waals surface area contributed by atoms with Crippen molar-refractivity contribution in [1.82, 2.24) is 9.88 Å². The standard InChI is InChI=1S/C21H26N2O2S2/c1-16(2)23(14-17-5-3-10-22-13-17)20(24)15-25-19-8-6-18(7-9-19)21-26-11-4-12-27-21/h3,5-10,13,16,21H,4,11-12,14-15H2,1-2H3. The molecule has 0 radical (unpaired) electrons. The van der Waals surface area contributed by atoms with Crippen molar-refractivity contribution in [3.05, 3.63) is 59.9 Å². The van der Waals surface area contributed by atoms with Gasteiger partial charge in [0.2, 0.25) is 0 Å². The molecule has 1 fully saturated rings. The van der Waals surface area contributed by atoms with Gasteiger partial charge in [-0.05, 0) is 61.1 Å². The molecule has 1 aliphatic heterocycles. The van der Waals surface area contributed by atoms with Crippen LogP contribution in [0, 0.1) is 0 Å². The van der Waals surface area contributed by atoms with Gasteiger partial charge in [-0.15, -0.1) is 23.5 Å². The number of carbonyl (C=O) groups is 1. The molecule has 0 bridgehead atoms. The van der Waals surface area contributed by atoms with Gasteiger partial charge in [-0.25, -0.2) is 0 Å². The third-order valence-corrected chi connectivity index (χ3v) is 7.38. The van der Waals surface area contributed by atoms with Gasteiger partial charge >= 0.3 is 0 Å². The van der Waals surface area contributed by atoms with Gasteiger partial charge in [0, 0.05) is 25.0 Å². The first-order valence-corrected chi connectivity index (χ1v) is 11.4. The summed E-state index contributed by atoms with van der Waals surface area (Å²) in [4.78, 5) is 18.6. The lowest BCUT2D eigenvalue weighted by atomic mass is 10.2. The Kier molecular flexibility index (Phi) is 7.47. The van der Waals surface area contributed by atoms with Gasteiger partial charge in [0.1, 0.15) is 5.75 Å². The fourth-order valence-corrected chi connectivity index (χ4v) is 5.77. The summed E-state index contributed by atoms with van der Waals surface area (Å²) in [5, 5.41) is 0. The second kappa shape index (κ2) is 10.0. The van der Waals surface area contributed by atoms with Gasteiger partial charge in [-0.2, -0.15) is 0 Å². The van der Waals surface area contributed by atoms with Crippen LogP contribution in [0.1, 0.15) is 36.0 Å². The number of thioether (sulfide) groups is 2. The monoisotopic (exact) mass is 402 g/mol. The summed E-state index contributed by atoms with van der Waals surface area (Å²) < 4.78 is 6.28. The number of carbonyl (C=O) groups excluding carboxylic acids is 1. The van der Waals surface area contributed by atoms with Gasteiger partial charge < -0.3 is 9.64 Å². The van der Waals surface area contributed by atoms with E-state index in [0.29, 0.717) is 11.1 Å². The number of aromatic nitrogens is 1. The molecule has 4 nitrogen and oxygen atoms in total. The maximum Gasteiger partial charge on any atom is 0.261 e. The Morgan fingerprint density at radius 3 is 2.59 bits per heavy atom. The Bertz CT molecular complexity index is 717. The molecule has 1 aromatic carbocycles. The van der Waals surface area contributed by atoms with Crippen molar-refractivity contribution in [3.63, 3.8) is 0 Å². The van der Waals surface area contributed by atoms with E-state index in [-0.39, 0.29) is 18.6 Å². The van der Waals surface area contributed by atoms with Crippen molar-refractivity contribution in [2.45, 2.75) is 37.4 Å². The van der Waals surface area contributed by atoms with E-state index < -0.39 is 0 Å². The minimum absolute atomic E-state index is 0.0173. The highest BCUT2D eigenvalue weighted by Gasteiger charge is 2.19. The molecular formula is C21H26N2O2S2.